The first-order valence-electron chi connectivity index (χ1n) is 10.9. The first kappa shape index (κ1) is 21.6. The van der Waals surface area contributed by atoms with Gasteiger partial charge >= 0.3 is 0 Å². The second kappa shape index (κ2) is 8.27. The summed E-state index contributed by atoms with van der Waals surface area (Å²) in [5.74, 6) is -3.77. The number of anilines is 1. The predicted molar refractivity (Wildman–Crippen MR) is 126 cm³/mol. The Hall–Kier alpha value is -4.24. The smallest absolute Gasteiger partial charge is 0.280 e. The van der Waals surface area contributed by atoms with Crippen LogP contribution in [0.15, 0.2) is 84.9 Å². The predicted octanol–water partition coefficient (Wildman–Crippen LogP) is 6.34. The lowest BCUT2D eigenvalue weighted by molar-refractivity contribution is -0.00869. The van der Waals surface area contributed by atoms with Gasteiger partial charge in [-0.15, -0.1) is 0 Å². The average Bonchev–Trinajstić information content (AvgIpc) is 3.17. The van der Waals surface area contributed by atoms with Crippen molar-refractivity contribution in [2.24, 2.45) is 0 Å². The Bertz CT molecular complexity index is 1420. The second-order valence-corrected chi connectivity index (χ2v) is 8.42. The molecular weight excluding hydrogens is 432 g/mol. The van der Waals surface area contributed by atoms with Gasteiger partial charge in [-0.3, -0.25) is 4.79 Å². The summed E-state index contributed by atoms with van der Waals surface area (Å²) in [5.41, 5.74) is 4.02. The molecular formula is C28H21F2N3O. The van der Waals surface area contributed by atoms with Crippen LogP contribution in [-0.2, 0) is 12.3 Å². The Morgan fingerprint density at radius 2 is 1.65 bits per heavy atom. The fourth-order valence-electron chi connectivity index (χ4n) is 4.61. The first-order valence-corrected chi connectivity index (χ1v) is 10.9. The number of benzene rings is 3. The lowest BCUT2D eigenvalue weighted by Crippen LogP contribution is -2.26. The molecule has 0 saturated carbocycles. The molecule has 168 valence electrons. The van der Waals surface area contributed by atoms with E-state index in [-0.39, 0.29) is 11.5 Å². The number of nitrogens with zero attached hydrogens (tertiary/aromatic N) is 2. The van der Waals surface area contributed by atoms with Crippen molar-refractivity contribution in [3.05, 3.63) is 119 Å². The molecule has 0 aliphatic carbocycles. The summed E-state index contributed by atoms with van der Waals surface area (Å²) in [6.45, 7) is 1.76. The van der Waals surface area contributed by atoms with Crippen LogP contribution in [0, 0.1) is 18.3 Å². The minimum atomic E-state index is -2.99. The van der Waals surface area contributed by atoms with Gasteiger partial charge in [0.05, 0.1) is 29.7 Å². The summed E-state index contributed by atoms with van der Waals surface area (Å²) >= 11 is 0. The fourth-order valence-corrected chi connectivity index (χ4v) is 4.61. The number of carbonyl (C=O) groups is 1. The molecule has 0 saturated heterocycles. The zero-order valence-corrected chi connectivity index (χ0v) is 18.4. The number of amides is 1. The normalized spacial score (nSPS) is 14.4. The van der Waals surface area contributed by atoms with Crippen molar-refractivity contribution in [2.75, 3.05) is 5.32 Å². The van der Waals surface area contributed by atoms with E-state index in [1.165, 1.54) is 6.07 Å². The average molecular weight is 453 g/mol. The highest BCUT2D eigenvalue weighted by atomic mass is 19.3. The molecule has 1 aliphatic heterocycles. The number of nitrogens with one attached hydrogen (secondary N) is 1. The molecule has 0 fully saturated rings. The van der Waals surface area contributed by atoms with E-state index < -0.39 is 18.3 Å². The number of aromatic nitrogens is 1. The van der Waals surface area contributed by atoms with Crippen molar-refractivity contribution in [2.45, 2.75) is 25.2 Å². The number of halogens is 2. The zero-order chi connectivity index (χ0) is 23.9. The standard InChI is InChI=1S/C28H21F2N3O/c1-18-23(15-22-16-28(29,30)25-9-5-6-10-26(25)33(18)22)27(34)32-21-13-11-20(12-14-21)24(17-31)19-7-3-2-4-8-19/h2-15,24H,16H2,1H3,(H,32,34). The van der Waals surface area contributed by atoms with E-state index in [0.717, 1.165) is 11.1 Å². The molecule has 4 nitrogen and oxygen atoms in total. The number of para-hydroxylation sites is 1. The van der Waals surface area contributed by atoms with Gasteiger partial charge in [-0.2, -0.15) is 5.26 Å². The molecule has 3 aromatic carbocycles. The van der Waals surface area contributed by atoms with Crippen molar-refractivity contribution >= 4 is 11.6 Å². The summed E-state index contributed by atoms with van der Waals surface area (Å²) in [6, 6.07) is 26.9. The second-order valence-electron chi connectivity index (χ2n) is 8.42. The van der Waals surface area contributed by atoms with Gasteiger partial charge < -0.3 is 9.88 Å². The van der Waals surface area contributed by atoms with Crippen LogP contribution in [0.4, 0.5) is 14.5 Å². The maximum absolute atomic E-state index is 14.7. The Kier molecular flexibility index (Phi) is 5.25. The largest absolute Gasteiger partial charge is 0.322 e. The van der Waals surface area contributed by atoms with Gasteiger partial charge in [-0.1, -0.05) is 60.7 Å². The minimum Gasteiger partial charge on any atom is -0.322 e. The summed E-state index contributed by atoms with van der Waals surface area (Å²) in [5, 5.41) is 12.5. The Morgan fingerprint density at radius 1 is 1.00 bits per heavy atom. The Morgan fingerprint density at radius 3 is 2.35 bits per heavy atom. The molecule has 1 aliphatic rings. The fraction of sp³-hybridized carbons (Fsp3) is 0.143. The molecule has 0 spiro atoms. The van der Waals surface area contributed by atoms with E-state index in [9.17, 15) is 18.8 Å². The monoisotopic (exact) mass is 453 g/mol. The third kappa shape index (κ3) is 3.65. The van der Waals surface area contributed by atoms with E-state index >= 15 is 0 Å². The van der Waals surface area contributed by atoms with Crippen molar-refractivity contribution in [1.82, 2.24) is 4.57 Å². The molecule has 34 heavy (non-hydrogen) atoms. The lowest BCUT2D eigenvalue weighted by Gasteiger charge is -2.28. The van der Waals surface area contributed by atoms with E-state index in [2.05, 4.69) is 11.4 Å². The highest BCUT2D eigenvalue weighted by molar-refractivity contribution is 6.05. The van der Waals surface area contributed by atoms with Crippen molar-refractivity contribution in [3.8, 4) is 11.8 Å². The van der Waals surface area contributed by atoms with Crippen LogP contribution in [0.25, 0.3) is 5.69 Å². The van der Waals surface area contributed by atoms with Gasteiger partial charge in [0, 0.05) is 22.6 Å². The van der Waals surface area contributed by atoms with Crippen LogP contribution in [0.3, 0.4) is 0 Å². The third-order valence-corrected chi connectivity index (χ3v) is 6.27. The molecule has 0 radical (unpaired) electrons. The summed E-state index contributed by atoms with van der Waals surface area (Å²) < 4.78 is 31.1. The summed E-state index contributed by atoms with van der Waals surface area (Å²) in [6.07, 6.45) is -0.456. The van der Waals surface area contributed by atoms with Crippen molar-refractivity contribution in [1.29, 1.82) is 5.26 Å². The van der Waals surface area contributed by atoms with Gasteiger partial charge in [0.15, 0.2) is 0 Å². The molecule has 1 unspecified atom stereocenters. The van der Waals surface area contributed by atoms with E-state index in [4.69, 9.17) is 0 Å². The molecule has 5 rings (SSSR count). The highest BCUT2D eigenvalue weighted by Crippen LogP contribution is 2.42. The number of hydrogen-bond donors (Lipinski definition) is 1. The van der Waals surface area contributed by atoms with Gasteiger partial charge in [0.25, 0.3) is 11.8 Å². The van der Waals surface area contributed by atoms with E-state index in [1.54, 1.807) is 47.9 Å². The van der Waals surface area contributed by atoms with E-state index in [0.29, 0.717) is 28.3 Å². The number of rotatable bonds is 4. The molecule has 4 aromatic rings. The lowest BCUT2D eigenvalue weighted by atomic mass is 9.92. The quantitative estimate of drug-likeness (QED) is 0.392. The number of carbonyl (C=O) groups excluding carboxylic acids is 1. The minimum absolute atomic E-state index is 0.0331. The Balaban J connectivity index is 1.40. The molecule has 1 aromatic heterocycles. The number of hydrogen-bond acceptors (Lipinski definition) is 2. The molecule has 6 heteroatoms. The maximum Gasteiger partial charge on any atom is 0.280 e. The van der Waals surface area contributed by atoms with Gasteiger partial charge in [0.1, 0.15) is 0 Å². The Labute approximate surface area is 196 Å². The topological polar surface area (TPSA) is 57.8 Å². The van der Waals surface area contributed by atoms with Crippen molar-refractivity contribution < 1.29 is 13.6 Å². The third-order valence-electron chi connectivity index (χ3n) is 6.27. The van der Waals surface area contributed by atoms with Crippen LogP contribution in [0.2, 0.25) is 0 Å². The van der Waals surface area contributed by atoms with Crippen LogP contribution in [0.5, 0.6) is 0 Å². The number of alkyl halides is 2. The first-order chi connectivity index (χ1) is 16.4. The molecule has 2 heterocycles. The highest BCUT2D eigenvalue weighted by Gasteiger charge is 2.40. The molecule has 1 amide bonds. The zero-order valence-electron chi connectivity index (χ0n) is 18.4. The van der Waals surface area contributed by atoms with Gasteiger partial charge in [-0.05, 0) is 42.3 Å². The summed E-state index contributed by atoms with van der Waals surface area (Å²) in [7, 11) is 0. The van der Waals surface area contributed by atoms with E-state index in [1.807, 2.05) is 42.5 Å². The maximum atomic E-state index is 14.7. The molecule has 1 N–H and O–H groups in total. The van der Waals surface area contributed by atoms with Gasteiger partial charge in [0.2, 0.25) is 0 Å². The summed E-state index contributed by atoms with van der Waals surface area (Å²) in [4.78, 5) is 13.1. The van der Waals surface area contributed by atoms with Crippen LogP contribution >= 0.6 is 0 Å². The molecule has 0 bridgehead atoms. The van der Waals surface area contributed by atoms with Crippen molar-refractivity contribution in [3.63, 3.8) is 0 Å². The van der Waals surface area contributed by atoms with Crippen LogP contribution < -0.4 is 5.32 Å². The number of fused-ring (bicyclic) bond motifs is 3. The van der Waals surface area contributed by atoms with Crippen LogP contribution in [0.1, 0.15) is 44.4 Å². The molecule has 1 atom stereocenters. The SMILES string of the molecule is Cc1c(C(=O)Nc2ccc(C(C#N)c3ccccc3)cc2)cc2n1-c1ccccc1C(F)(F)C2. The van der Waals surface area contributed by atoms with Gasteiger partial charge in [-0.25, -0.2) is 8.78 Å². The van der Waals surface area contributed by atoms with Crippen LogP contribution in [-0.4, -0.2) is 10.5 Å². The number of nitriles is 1.